The van der Waals surface area contributed by atoms with Crippen molar-refractivity contribution in [2.75, 3.05) is 40.3 Å². The van der Waals surface area contributed by atoms with Gasteiger partial charge >= 0.3 is 19.7 Å². The Labute approximate surface area is 581 Å². The van der Waals surface area contributed by atoms with Crippen LogP contribution in [0.5, 0.6) is 5.75 Å². The highest BCUT2D eigenvalue weighted by Crippen LogP contribution is 2.38. The van der Waals surface area contributed by atoms with E-state index in [1.807, 2.05) is 0 Å². The molecule has 94 heavy (non-hydrogen) atoms. The Morgan fingerprint density at radius 3 is 0.521 bits per heavy atom. The van der Waals surface area contributed by atoms with Crippen LogP contribution in [-0.4, -0.2) is 67.4 Å². The highest BCUT2D eigenvalue weighted by atomic mass is 19.4. The average molecular weight is 1350 g/mol. The van der Waals surface area contributed by atoms with Crippen LogP contribution in [0.4, 0.5) is 26.3 Å². The lowest BCUT2D eigenvalue weighted by molar-refractivity contribution is -0.143. The van der Waals surface area contributed by atoms with Crippen molar-refractivity contribution in [3.8, 4) is 5.75 Å². The SMILES string of the molecule is CCCCCCCCCCCCCCCCCCN(C)CCCCCCCCCCCCCCCCCC.CCCCCCCCCCCCCCCCCCN(C)CCCCCCCCCCCCCCCCCC.OB(O)Oc1cc(C(F)(F)F)cc(C(F)(F)F)c1. The van der Waals surface area contributed by atoms with Gasteiger partial charge in [0.05, 0.1) is 11.1 Å². The van der Waals surface area contributed by atoms with E-state index in [2.05, 4.69) is 56.2 Å². The Bertz CT molecular complexity index is 1430. The molecule has 0 aliphatic carbocycles. The quantitative estimate of drug-likeness (QED) is 0.0387. The number of hydrogen-bond donors (Lipinski definition) is 2. The van der Waals surface area contributed by atoms with Gasteiger partial charge < -0.3 is 24.5 Å². The molecule has 0 fully saturated rings. The highest BCUT2D eigenvalue weighted by molar-refractivity contribution is 6.33. The van der Waals surface area contributed by atoms with E-state index >= 15 is 0 Å². The normalized spacial score (nSPS) is 11.8. The second-order valence-corrected chi connectivity index (χ2v) is 29.0. The van der Waals surface area contributed by atoms with Crippen LogP contribution in [0.2, 0.25) is 0 Å². The Morgan fingerprint density at radius 2 is 0.394 bits per heavy atom. The maximum Gasteiger partial charge on any atom is 0.707 e. The average Bonchev–Trinajstić information content (AvgIpc) is 0.821. The predicted octanol–water partition coefficient (Wildman–Crippen LogP) is 29.0. The van der Waals surface area contributed by atoms with Gasteiger partial charge in [-0.1, -0.05) is 413 Å². The van der Waals surface area contributed by atoms with Crippen molar-refractivity contribution in [3.05, 3.63) is 29.3 Å². The van der Waals surface area contributed by atoms with E-state index in [1.54, 1.807) is 0 Å². The molecule has 0 saturated carbocycles. The minimum absolute atomic E-state index is 0.101. The number of rotatable bonds is 70. The molecule has 0 saturated heterocycles. The maximum absolute atomic E-state index is 12.3. The van der Waals surface area contributed by atoms with Gasteiger partial charge in [0.15, 0.2) is 0 Å². The summed E-state index contributed by atoms with van der Waals surface area (Å²) in [4.78, 5) is 5.18. The third-order valence-electron chi connectivity index (χ3n) is 19.4. The number of nitrogens with zero attached hydrogens (tertiary/aromatic N) is 2. The van der Waals surface area contributed by atoms with Crippen molar-refractivity contribution in [3.63, 3.8) is 0 Å². The van der Waals surface area contributed by atoms with Gasteiger partial charge in [0, 0.05) is 0 Å². The molecule has 0 aromatic heterocycles. The smallest absolute Gasteiger partial charge is 0.512 e. The minimum atomic E-state index is -5.01. The van der Waals surface area contributed by atoms with E-state index in [0.717, 1.165) is 0 Å². The summed E-state index contributed by atoms with van der Waals surface area (Å²) in [6.07, 6.45) is 83.6. The first-order valence-electron chi connectivity index (χ1n) is 41.3. The van der Waals surface area contributed by atoms with Crippen LogP contribution in [0.3, 0.4) is 0 Å². The number of hydrogen-bond acceptors (Lipinski definition) is 5. The van der Waals surface area contributed by atoms with Gasteiger partial charge in [-0.25, -0.2) is 0 Å². The molecule has 0 aliphatic heterocycles. The molecule has 0 spiro atoms. The fourth-order valence-electron chi connectivity index (χ4n) is 13.1. The Hall–Kier alpha value is -1.50. The van der Waals surface area contributed by atoms with E-state index in [9.17, 15) is 26.3 Å². The molecule has 0 amide bonds. The van der Waals surface area contributed by atoms with Crippen molar-refractivity contribution < 1.29 is 41.0 Å². The Morgan fingerprint density at radius 1 is 0.255 bits per heavy atom. The van der Waals surface area contributed by atoms with Gasteiger partial charge in [-0.3, -0.25) is 0 Å². The third-order valence-corrected chi connectivity index (χ3v) is 19.4. The molecule has 2 N–H and O–H groups in total. The summed E-state index contributed by atoms with van der Waals surface area (Å²) in [5, 5.41) is 16.7. The first-order valence-corrected chi connectivity index (χ1v) is 41.3. The second-order valence-electron chi connectivity index (χ2n) is 29.0. The standard InChI is InChI=1S/2C37H77N.C8H5BF6O3/c2*1-4-6-8-10-12-14-16-18-20-22-24-26-28-30-32-34-36-38(3)37-35-33-31-29-27-25-23-21-19-17-15-13-11-9-7-5-2;10-7(11,12)4-1-5(8(13,14)15)3-6(2-4)18-9(16)17/h2*4-37H2,1-3H3;1-3,16-17H. The molecule has 0 bridgehead atoms. The van der Waals surface area contributed by atoms with Crippen LogP contribution in [-0.2, 0) is 12.4 Å². The van der Waals surface area contributed by atoms with E-state index in [-0.39, 0.29) is 18.2 Å². The topological polar surface area (TPSA) is 56.2 Å². The van der Waals surface area contributed by atoms with E-state index in [0.29, 0.717) is 0 Å². The molecular formula is C82H159BF6N2O3. The summed E-state index contributed by atoms with van der Waals surface area (Å²) in [6.45, 7) is 14.5. The fourth-order valence-corrected chi connectivity index (χ4v) is 13.1. The maximum atomic E-state index is 12.3. The monoisotopic (exact) mass is 1350 g/mol. The minimum Gasteiger partial charge on any atom is -0.512 e. The van der Waals surface area contributed by atoms with Crippen LogP contribution >= 0.6 is 0 Å². The lowest BCUT2D eigenvalue weighted by Crippen LogP contribution is -2.21. The zero-order valence-corrected chi connectivity index (χ0v) is 63.4. The number of alkyl halides is 6. The molecule has 0 unspecified atom stereocenters. The summed E-state index contributed by atoms with van der Waals surface area (Å²) >= 11 is 0. The molecule has 560 valence electrons. The van der Waals surface area contributed by atoms with Gasteiger partial charge in [-0.15, -0.1) is 0 Å². The Kier molecular flexibility index (Phi) is 74.6. The first kappa shape index (κ1) is 94.6. The molecule has 0 radical (unpaired) electrons. The van der Waals surface area contributed by atoms with Crippen molar-refractivity contribution in [1.29, 1.82) is 0 Å². The van der Waals surface area contributed by atoms with Gasteiger partial charge in [0.1, 0.15) is 5.75 Å². The summed E-state index contributed by atoms with van der Waals surface area (Å²) in [5.74, 6) is -0.952. The zero-order chi connectivity index (χ0) is 69.4. The first-order chi connectivity index (χ1) is 45.6. The van der Waals surface area contributed by atoms with Crippen LogP contribution < -0.4 is 4.65 Å². The van der Waals surface area contributed by atoms with Gasteiger partial charge in [0.25, 0.3) is 0 Å². The highest BCUT2D eigenvalue weighted by Gasteiger charge is 2.37. The molecule has 0 heterocycles. The Balaban J connectivity index is 0. The number of benzene rings is 1. The molecule has 1 rings (SSSR count). The van der Waals surface area contributed by atoms with Crippen molar-refractivity contribution in [1.82, 2.24) is 9.80 Å². The molecule has 5 nitrogen and oxygen atoms in total. The lowest BCUT2D eigenvalue weighted by atomic mass is 10.0. The molecular weight excluding hydrogens is 1190 g/mol. The van der Waals surface area contributed by atoms with Crippen LogP contribution in [0.15, 0.2) is 18.2 Å². The zero-order valence-electron chi connectivity index (χ0n) is 63.4. The second kappa shape index (κ2) is 74.2. The van der Waals surface area contributed by atoms with Crippen LogP contribution in [0, 0.1) is 0 Å². The van der Waals surface area contributed by atoms with Crippen LogP contribution in [0.1, 0.15) is 450 Å². The van der Waals surface area contributed by atoms with Crippen molar-refractivity contribution in [2.45, 2.75) is 451 Å². The lowest BCUT2D eigenvalue weighted by Gasteiger charge is -2.16. The summed E-state index contributed by atoms with van der Waals surface area (Å²) in [7, 11) is 2.17. The van der Waals surface area contributed by atoms with E-state index in [4.69, 9.17) is 10.0 Å². The molecule has 12 heteroatoms. The van der Waals surface area contributed by atoms with Crippen molar-refractivity contribution >= 4 is 7.32 Å². The van der Waals surface area contributed by atoms with Crippen molar-refractivity contribution in [2.24, 2.45) is 0 Å². The molecule has 0 aliphatic rings. The van der Waals surface area contributed by atoms with Crippen LogP contribution in [0.25, 0.3) is 0 Å². The van der Waals surface area contributed by atoms with Gasteiger partial charge in [0.2, 0.25) is 0 Å². The molecule has 0 atom stereocenters. The largest absolute Gasteiger partial charge is 0.707 e. The summed E-state index contributed by atoms with van der Waals surface area (Å²) in [6, 6.07) is 0.361. The third kappa shape index (κ3) is 74.7. The van der Waals surface area contributed by atoms with Gasteiger partial charge in [-0.2, -0.15) is 26.3 Å². The van der Waals surface area contributed by atoms with E-state index < -0.39 is 36.6 Å². The predicted molar refractivity (Wildman–Crippen MR) is 400 cm³/mol. The molecule has 1 aromatic carbocycles. The van der Waals surface area contributed by atoms with E-state index in [1.165, 1.54) is 437 Å². The summed E-state index contributed by atoms with van der Waals surface area (Å²) < 4.78 is 78.0. The number of unbranched alkanes of at least 4 members (excludes halogenated alkanes) is 60. The fraction of sp³-hybridized carbons (Fsp3) is 0.927. The number of halogens is 6. The van der Waals surface area contributed by atoms with Gasteiger partial charge in [-0.05, 0) is 84.2 Å². The summed E-state index contributed by atoms with van der Waals surface area (Å²) in [5.41, 5.74) is -3.21. The molecule has 1 aromatic rings.